The number of anilines is 1. The zero-order valence-corrected chi connectivity index (χ0v) is 16.4. The first-order chi connectivity index (χ1) is 13.1. The van der Waals surface area contributed by atoms with Gasteiger partial charge in [-0.2, -0.15) is 5.10 Å². The van der Waals surface area contributed by atoms with Crippen molar-refractivity contribution in [3.05, 3.63) is 59.8 Å². The van der Waals surface area contributed by atoms with Crippen molar-refractivity contribution in [3.63, 3.8) is 0 Å². The molecule has 6 heteroatoms. The Morgan fingerprint density at radius 1 is 1.22 bits per heavy atom. The van der Waals surface area contributed by atoms with E-state index in [1.54, 1.807) is 23.8 Å². The third-order valence-corrected chi connectivity index (χ3v) is 5.91. The first-order valence-electron chi connectivity index (χ1n) is 8.88. The van der Waals surface area contributed by atoms with Crippen LogP contribution in [-0.4, -0.2) is 29.3 Å². The number of ether oxygens (including phenoxy) is 1. The predicted octanol–water partition coefficient (Wildman–Crippen LogP) is 4.37. The van der Waals surface area contributed by atoms with E-state index in [1.807, 2.05) is 55.1 Å². The molecule has 0 atom stereocenters. The molecule has 138 valence electrons. The monoisotopic (exact) mass is 379 g/mol. The van der Waals surface area contributed by atoms with E-state index in [0.29, 0.717) is 12.2 Å². The number of fused-ring (bicyclic) bond motifs is 3. The number of aromatic nitrogens is 2. The topological polar surface area (TPSA) is 47.4 Å². The molecule has 5 nitrogen and oxygen atoms in total. The van der Waals surface area contributed by atoms with Crippen LogP contribution in [0.15, 0.2) is 53.4 Å². The molecule has 1 aliphatic heterocycles. The molecule has 0 saturated carbocycles. The molecule has 0 unspecified atom stereocenters. The molecular formula is C21H21N3O2S. The van der Waals surface area contributed by atoms with Crippen molar-refractivity contribution in [1.29, 1.82) is 0 Å². The molecule has 0 radical (unpaired) electrons. The highest BCUT2D eigenvalue weighted by Crippen LogP contribution is 2.42. The number of carbonyl (C=O) groups is 1. The van der Waals surface area contributed by atoms with Crippen LogP contribution in [0, 0.1) is 0 Å². The van der Waals surface area contributed by atoms with Crippen LogP contribution in [0.2, 0.25) is 0 Å². The fraction of sp³-hybridized carbons (Fsp3) is 0.238. The van der Waals surface area contributed by atoms with E-state index < -0.39 is 0 Å². The number of hydrogen-bond donors (Lipinski definition) is 0. The number of nitrogens with zero attached hydrogens (tertiary/aromatic N) is 3. The van der Waals surface area contributed by atoms with Gasteiger partial charge in [-0.3, -0.25) is 9.48 Å². The molecule has 1 aromatic heterocycles. The number of hydrogen-bond acceptors (Lipinski definition) is 4. The van der Waals surface area contributed by atoms with Crippen LogP contribution < -0.4 is 9.64 Å². The number of thioether (sulfide) groups is 1. The van der Waals surface area contributed by atoms with Crippen LogP contribution in [0.4, 0.5) is 5.69 Å². The lowest BCUT2D eigenvalue weighted by Gasteiger charge is -2.22. The number of methoxy groups -OCH3 is 1. The van der Waals surface area contributed by atoms with Crippen molar-refractivity contribution in [1.82, 2.24) is 9.78 Å². The van der Waals surface area contributed by atoms with Gasteiger partial charge in [-0.25, -0.2) is 0 Å². The minimum atomic E-state index is -0.0699. The molecule has 1 amide bonds. The highest BCUT2D eigenvalue weighted by molar-refractivity contribution is 7.98. The minimum absolute atomic E-state index is 0.0699. The predicted molar refractivity (Wildman–Crippen MR) is 109 cm³/mol. The highest BCUT2D eigenvalue weighted by atomic mass is 32.2. The summed E-state index contributed by atoms with van der Waals surface area (Å²) in [6, 6.07) is 15.8. The van der Waals surface area contributed by atoms with E-state index in [1.165, 1.54) is 4.90 Å². The summed E-state index contributed by atoms with van der Waals surface area (Å²) in [5.74, 6) is 1.45. The molecule has 0 aliphatic carbocycles. The van der Waals surface area contributed by atoms with Gasteiger partial charge in [-0.05, 0) is 37.3 Å². The maximum absolute atomic E-state index is 13.3. The van der Waals surface area contributed by atoms with Gasteiger partial charge in [-0.1, -0.05) is 18.2 Å². The van der Waals surface area contributed by atoms with Crippen molar-refractivity contribution in [2.24, 2.45) is 7.05 Å². The summed E-state index contributed by atoms with van der Waals surface area (Å²) in [6.07, 6.45) is 0. The lowest BCUT2D eigenvalue weighted by molar-refractivity contribution is 0.0982. The van der Waals surface area contributed by atoms with E-state index in [2.05, 4.69) is 17.2 Å². The second-order valence-corrected chi connectivity index (χ2v) is 7.35. The Bertz CT molecular complexity index is 995. The van der Waals surface area contributed by atoms with Crippen LogP contribution in [-0.2, 0) is 12.8 Å². The van der Waals surface area contributed by atoms with E-state index in [-0.39, 0.29) is 5.91 Å². The minimum Gasteiger partial charge on any atom is -0.497 e. The number of benzene rings is 2. The van der Waals surface area contributed by atoms with E-state index >= 15 is 0 Å². The van der Waals surface area contributed by atoms with Crippen LogP contribution >= 0.6 is 11.8 Å². The summed E-state index contributed by atoms with van der Waals surface area (Å²) in [6.45, 7) is 2.54. The zero-order chi connectivity index (χ0) is 19.0. The summed E-state index contributed by atoms with van der Waals surface area (Å²) in [4.78, 5) is 16.3. The average Bonchev–Trinajstić information content (AvgIpc) is 3.06. The van der Waals surface area contributed by atoms with Gasteiger partial charge in [0.05, 0.1) is 12.8 Å². The molecule has 2 heterocycles. The molecule has 0 saturated heterocycles. The molecule has 27 heavy (non-hydrogen) atoms. The number of aryl methyl sites for hydroxylation is 1. The number of carbonyl (C=O) groups excluding carboxylic acids is 1. The van der Waals surface area contributed by atoms with Crippen molar-refractivity contribution in [2.45, 2.75) is 17.6 Å². The lowest BCUT2D eigenvalue weighted by atomic mass is 10.1. The van der Waals surface area contributed by atoms with Gasteiger partial charge in [0.25, 0.3) is 5.91 Å². The van der Waals surface area contributed by atoms with Crippen LogP contribution in [0.25, 0.3) is 11.3 Å². The van der Waals surface area contributed by atoms with E-state index in [9.17, 15) is 4.79 Å². The van der Waals surface area contributed by atoms with Gasteiger partial charge in [0.2, 0.25) is 0 Å². The molecule has 0 spiro atoms. The average molecular weight is 379 g/mol. The standard InChI is InChI=1S/C21H21N3O2S/c1-4-24(14-9-11-15(26-3)12-10-14)21(25)19-17-13-27-18-8-6-5-7-16(18)20(17)23(2)22-19/h5-12H,4,13H2,1-3H3. The Labute approximate surface area is 162 Å². The van der Waals surface area contributed by atoms with Gasteiger partial charge in [-0.15, -0.1) is 11.8 Å². The Morgan fingerprint density at radius 3 is 2.67 bits per heavy atom. The summed E-state index contributed by atoms with van der Waals surface area (Å²) in [5, 5.41) is 4.61. The Kier molecular flexibility index (Phi) is 4.66. The van der Waals surface area contributed by atoms with Gasteiger partial charge in [0.15, 0.2) is 5.69 Å². The first-order valence-corrected chi connectivity index (χ1v) is 9.86. The molecular weight excluding hydrogens is 358 g/mol. The lowest BCUT2D eigenvalue weighted by Crippen LogP contribution is -2.31. The zero-order valence-electron chi connectivity index (χ0n) is 15.6. The normalized spacial score (nSPS) is 12.3. The second-order valence-electron chi connectivity index (χ2n) is 6.33. The van der Waals surface area contributed by atoms with Crippen LogP contribution in [0.1, 0.15) is 23.0 Å². The SMILES string of the molecule is CCN(C(=O)c1nn(C)c2c1CSc1ccccc1-2)c1ccc(OC)cc1. The smallest absolute Gasteiger partial charge is 0.279 e. The van der Waals surface area contributed by atoms with Gasteiger partial charge < -0.3 is 9.64 Å². The van der Waals surface area contributed by atoms with Crippen molar-refractivity contribution in [3.8, 4) is 17.0 Å². The first kappa shape index (κ1) is 17.7. The Hall–Kier alpha value is -2.73. The van der Waals surface area contributed by atoms with Gasteiger partial charge in [0.1, 0.15) is 5.75 Å². The summed E-state index contributed by atoms with van der Waals surface area (Å²) >= 11 is 1.76. The molecule has 0 fully saturated rings. The summed E-state index contributed by atoms with van der Waals surface area (Å²) in [5.41, 5.74) is 4.57. The Balaban J connectivity index is 1.74. The van der Waals surface area contributed by atoms with Crippen LogP contribution in [0.5, 0.6) is 5.75 Å². The summed E-state index contributed by atoms with van der Waals surface area (Å²) < 4.78 is 7.05. The maximum Gasteiger partial charge on any atom is 0.279 e. The largest absolute Gasteiger partial charge is 0.497 e. The van der Waals surface area contributed by atoms with Crippen LogP contribution in [0.3, 0.4) is 0 Å². The third-order valence-electron chi connectivity index (χ3n) is 4.81. The molecule has 3 aromatic rings. The second kappa shape index (κ2) is 7.12. The molecule has 2 aromatic carbocycles. The number of amides is 1. The molecule has 1 aliphatic rings. The third kappa shape index (κ3) is 3.00. The van der Waals surface area contributed by atoms with Gasteiger partial charge in [0, 0.05) is 41.1 Å². The van der Waals surface area contributed by atoms with Gasteiger partial charge >= 0.3 is 0 Å². The maximum atomic E-state index is 13.3. The molecule has 4 rings (SSSR count). The van der Waals surface area contributed by atoms with E-state index in [0.717, 1.165) is 34.0 Å². The summed E-state index contributed by atoms with van der Waals surface area (Å²) in [7, 11) is 3.54. The fourth-order valence-electron chi connectivity index (χ4n) is 3.48. The van der Waals surface area contributed by atoms with Crippen molar-refractivity contribution >= 4 is 23.4 Å². The molecule has 0 N–H and O–H groups in total. The highest BCUT2D eigenvalue weighted by Gasteiger charge is 2.30. The van der Waals surface area contributed by atoms with Crippen molar-refractivity contribution in [2.75, 3.05) is 18.6 Å². The van der Waals surface area contributed by atoms with Crippen molar-refractivity contribution < 1.29 is 9.53 Å². The Morgan fingerprint density at radius 2 is 1.96 bits per heavy atom. The molecule has 0 bridgehead atoms. The fourth-order valence-corrected chi connectivity index (χ4v) is 4.55. The van der Waals surface area contributed by atoms with E-state index in [4.69, 9.17) is 4.74 Å². The quantitative estimate of drug-likeness (QED) is 0.675. The number of rotatable bonds is 4.